The van der Waals surface area contributed by atoms with E-state index in [1.807, 2.05) is 6.92 Å². The third-order valence-corrected chi connectivity index (χ3v) is 4.69. The van der Waals surface area contributed by atoms with Crippen molar-refractivity contribution in [1.29, 1.82) is 0 Å². The predicted octanol–water partition coefficient (Wildman–Crippen LogP) is 4.14. The fraction of sp³-hybridized carbons (Fsp3) is 0.412. The van der Waals surface area contributed by atoms with Crippen LogP contribution >= 0.6 is 46.9 Å². The Kier molecular flexibility index (Phi) is 11.0. The smallest absolute Gasteiger partial charge is 0.422 e. The van der Waals surface area contributed by atoms with E-state index in [2.05, 4.69) is 20.6 Å². The maximum atomic E-state index is 12.4. The van der Waals surface area contributed by atoms with Crippen LogP contribution in [0.2, 0.25) is 4.34 Å². The Morgan fingerprint density at radius 2 is 2.10 bits per heavy atom. The van der Waals surface area contributed by atoms with E-state index >= 15 is 0 Å². The SMILES string of the molecule is CCNC(=NCc1cccnc1OCC(F)(F)F)NCC(O)c1ccc(Cl)s1.I. The Morgan fingerprint density at radius 3 is 2.72 bits per heavy atom. The summed E-state index contributed by atoms with van der Waals surface area (Å²) >= 11 is 7.14. The fourth-order valence-corrected chi connectivity index (χ4v) is 3.18. The van der Waals surface area contributed by atoms with E-state index in [1.165, 1.54) is 17.5 Å². The summed E-state index contributed by atoms with van der Waals surface area (Å²) in [6, 6.07) is 6.63. The molecule has 6 nitrogen and oxygen atoms in total. The number of hydrogen-bond donors (Lipinski definition) is 3. The number of aromatic nitrogens is 1. The van der Waals surface area contributed by atoms with Gasteiger partial charge in [0.25, 0.3) is 0 Å². The molecule has 0 amide bonds. The molecule has 2 rings (SSSR count). The Morgan fingerprint density at radius 1 is 1.34 bits per heavy atom. The number of pyridine rings is 1. The average Bonchev–Trinajstić information content (AvgIpc) is 3.08. The minimum atomic E-state index is -4.45. The number of nitrogens with zero attached hydrogens (tertiary/aromatic N) is 2. The largest absolute Gasteiger partial charge is 0.468 e. The lowest BCUT2D eigenvalue weighted by Gasteiger charge is -2.15. The van der Waals surface area contributed by atoms with Gasteiger partial charge in [0.1, 0.15) is 6.10 Å². The van der Waals surface area contributed by atoms with Crippen LogP contribution in [0.3, 0.4) is 0 Å². The molecule has 0 bridgehead atoms. The average molecular weight is 565 g/mol. The van der Waals surface area contributed by atoms with Crippen molar-refractivity contribution in [3.8, 4) is 5.88 Å². The summed E-state index contributed by atoms with van der Waals surface area (Å²) in [7, 11) is 0. The first kappa shape index (κ1) is 25.7. The standard InChI is InChI=1S/C17H20ClF3N4O2S.HI/c1-2-22-16(25-9-12(26)13-5-6-14(18)28-13)24-8-11-4-3-7-23-15(11)27-10-17(19,20)21;/h3-7,12,26H,2,8-10H2,1H3,(H2,22,24,25);1H. The van der Waals surface area contributed by atoms with Crippen LogP contribution in [-0.2, 0) is 6.54 Å². The van der Waals surface area contributed by atoms with Gasteiger partial charge in [-0.15, -0.1) is 35.3 Å². The lowest BCUT2D eigenvalue weighted by atomic mass is 10.3. The number of aliphatic hydroxyl groups is 1. The number of ether oxygens (including phenoxy) is 1. The number of rotatable bonds is 8. The molecule has 0 saturated heterocycles. The molecule has 2 heterocycles. The number of hydrogen-bond acceptors (Lipinski definition) is 5. The first-order valence-corrected chi connectivity index (χ1v) is 9.57. The molecule has 162 valence electrons. The molecule has 0 fully saturated rings. The van der Waals surface area contributed by atoms with Gasteiger partial charge in [-0.05, 0) is 25.1 Å². The molecule has 0 radical (unpaired) electrons. The van der Waals surface area contributed by atoms with Crippen molar-refractivity contribution in [2.24, 2.45) is 4.99 Å². The van der Waals surface area contributed by atoms with Crippen molar-refractivity contribution in [2.45, 2.75) is 25.7 Å². The molecule has 0 saturated carbocycles. The third-order valence-electron chi connectivity index (χ3n) is 3.36. The van der Waals surface area contributed by atoms with E-state index in [9.17, 15) is 18.3 Å². The van der Waals surface area contributed by atoms with Crippen LogP contribution in [0.1, 0.15) is 23.5 Å². The van der Waals surface area contributed by atoms with Gasteiger partial charge in [0.2, 0.25) is 5.88 Å². The maximum Gasteiger partial charge on any atom is 0.422 e. The summed E-state index contributed by atoms with van der Waals surface area (Å²) in [5.74, 6) is 0.280. The Bertz CT molecular complexity index is 792. The number of guanidine groups is 1. The number of aliphatic hydroxyl groups excluding tert-OH is 1. The molecule has 12 heteroatoms. The van der Waals surface area contributed by atoms with Crippen LogP contribution in [0, 0.1) is 0 Å². The molecular formula is C17H21ClF3IN4O2S. The fourth-order valence-electron chi connectivity index (χ4n) is 2.13. The van der Waals surface area contributed by atoms with Crippen LogP contribution < -0.4 is 15.4 Å². The molecule has 1 atom stereocenters. The van der Waals surface area contributed by atoms with Gasteiger partial charge in [0, 0.05) is 29.7 Å². The molecule has 0 spiro atoms. The Balaban J connectivity index is 0.00000420. The van der Waals surface area contributed by atoms with E-state index in [-0.39, 0.29) is 42.9 Å². The first-order valence-electron chi connectivity index (χ1n) is 8.37. The Hall–Kier alpha value is -1.31. The molecular weight excluding hydrogens is 544 g/mol. The number of aliphatic imine (C=N–C) groups is 1. The summed E-state index contributed by atoms with van der Waals surface area (Å²) in [5, 5.41) is 16.2. The first-order chi connectivity index (χ1) is 13.3. The monoisotopic (exact) mass is 564 g/mol. The number of nitrogens with one attached hydrogen (secondary N) is 2. The number of alkyl halides is 3. The van der Waals surface area contributed by atoms with Gasteiger partial charge < -0.3 is 20.5 Å². The van der Waals surface area contributed by atoms with Gasteiger partial charge in [-0.25, -0.2) is 9.98 Å². The molecule has 3 N–H and O–H groups in total. The van der Waals surface area contributed by atoms with Crippen molar-refractivity contribution in [3.05, 3.63) is 45.2 Å². The normalized spacial score (nSPS) is 12.8. The lowest BCUT2D eigenvalue weighted by Crippen LogP contribution is -2.39. The van der Waals surface area contributed by atoms with Gasteiger partial charge in [0.15, 0.2) is 12.6 Å². The maximum absolute atomic E-state index is 12.4. The van der Waals surface area contributed by atoms with Crippen LogP contribution in [0.5, 0.6) is 5.88 Å². The highest BCUT2D eigenvalue weighted by atomic mass is 127. The van der Waals surface area contributed by atoms with Gasteiger partial charge in [-0.1, -0.05) is 17.7 Å². The zero-order valence-corrected chi connectivity index (χ0v) is 19.3. The summed E-state index contributed by atoms with van der Waals surface area (Å²) in [6.45, 7) is 1.25. The molecule has 1 unspecified atom stereocenters. The van der Waals surface area contributed by atoms with Crippen LogP contribution in [0.25, 0.3) is 0 Å². The lowest BCUT2D eigenvalue weighted by molar-refractivity contribution is -0.154. The second kappa shape index (κ2) is 12.4. The molecule has 0 aliphatic carbocycles. The van der Waals surface area contributed by atoms with Crippen molar-refractivity contribution in [1.82, 2.24) is 15.6 Å². The van der Waals surface area contributed by atoms with E-state index in [1.54, 1.807) is 24.3 Å². The van der Waals surface area contributed by atoms with E-state index in [0.29, 0.717) is 27.3 Å². The summed E-state index contributed by atoms with van der Waals surface area (Å²) in [5.41, 5.74) is 0.412. The topological polar surface area (TPSA) is 78.8 Å². The Labute approximate surface area is 192 Å². The predicted molar refractivity (Wildman–Crippen MR) is 118 cm³/mol. The van der Waals surface area contributed by atoms with Crippen molar-refractivity contribution in [3.63, 3.8) is 0 Å². The third kappa shape index (κ3) is 9.36. The second-order valence-corrected chi connectivity index (χ2v) is 7.35. The molecule has 0 aromatic carbocycles. The highest BCUT2D eigenvalue weighted by molar-refractivity contribution is 14.0. The molecule has 29 heavy (non-hydrogen) atoms. The zero-order valence-electron chi connectivity index (χ0n) is 15.4. The van der Waals surface area contributed by atoms with Gasteiger partial charge in [-0.2, -0.15) is 13.2 Å². The number of thiophene rings is 1. The molecule has 0 aliphatic rings. The van der Waals surface area contributed by atoms with Gasteiger partial charge in [-0.3, -0.25) is 0 Å². The highest BCUT2D eigenvalue weighted by Gasteiger charge is 2.29. The zero-order chi connectivity index (χ0) is 20.6. The van der Waals surface area contributed by atoms with E-state index in [4.69, 9.17) is 16.3 Å². The molecule has 0 aliphatic heterocycles. The van der Waals surface area contributed by atoms with E-state index in [0.717, 1.165) is 0 Å². The minimum Gasteiger partial charge on any atom is -0.468 e. The summed E-state index contributed by atoms with van der Waals surface area (Å²) in [4.78, 5) is 8.87. The van der Waals surface area contributed by atoms with Crippen LogP contribution in [0.15, 0.2) is 35.5 Å². The summed E-state index contributed by atoms with van der Waals surface area (Å²) in [6.07, 6.45) is -3.87. The van der Waals surface area contributed by atoms with Gasteiger partial charge >= 0.3 is 6.18 Å². The molecule has 2 aromatic rings. The van der Waals surface area contributed by atoms with Crippen LogP contribution in [-0.4, -0.2) is 41.9 Å². The number of halogens is 5. The summed E-state index contributed by atoms with van der Waals surface area (Å²) < 4.78 is 42.5. The highest BCUT2D eigenvalue weighted by Crippen LogP contribution is 2.26. The van der Waals surface area contributed by atoms with Crippen molar-refractivity contribution in [2.75, 3.05) is 19.7 Å². The quantitative estimate of drug-likeness (QED) is 0.255. The van der Waals surface area contributed by atoms with Crippen LogP contribution in [0.4, 0.5) is 13.2 Å². The van der Waals surface area contributed by atoms with Crippen molar-refractivity contribution < 1.29 is 23.0 Å². The molecule has 2 aromatic heterocycles. The minimum absolute atomic E-state index is 0. The second-order valence-electron chi connectivity index (χ2n) is 5.61. The van der Waals surface area contributed by atoms with Crippen molar-refractivity contribution >= 4 is 52.9 Å². The van der Waals surface area contributed by atoms with Gasteiger partial charge in [0.05, 0.1) is 10.9 Å². The van der Waals surface area contributed by atoms with E-state index < -0.39 is 18.9 Å².